The van der Waals surface area contributed by atoms with Gasteiger partial charge in [-0.2, -0.15) is 0 Å². The van der Waals surface area contributed by atoms with E-state index in [2.05, 4.69) is 20.4 Å². The molecule has 0 spiro atoms. The van der Waals surface area contributed by atoms with E-state index in [1.54, 1.807) is 0 Å². The van der Waals surface area contributed by atoms with Crippen molar-refractivity contribution in [1.29, 1.82) is 0 Å². The molecule has 3 rings (SSSR count). The van der Waals surface area contributed by atoms with Crippen molar-refractivity contribution in [3.8, 4) is 0 Å². The first-order valence-corrected chi connectivity index (χ1v) is 8.40. The van der Waals surface area contributed by atoms with E-state index in [4.69, 9.17) is 0 Å². The second-order valence-corrected chi connectivity index (χ2v) is 8.18. The molecule has 2 N–H and O–H groups in total. The van der Waals surface area contributed by atoms with Crippen molar-refractivity contribution in [2.24, 2.45) is 22.7 Å². The van der Waals surface area contributed by atoms with E-state index in [1.165, 1.54) is 37.7 Å². The molecule has 0 radical (unpaired) electrons. The minimum Gasteiger partial charge on any atom is -0.393 e. The van der Waals surface area contributed by atoms with Gasteiger partial charge in [-0.05, 0) is 74.0 Å². The van der Waals surface area contributed by atoms with Crippen molar-refractivity contribution in [3.05, 3.63) is 12.2 Å². The lowest BCUT2D eigenvalue weighted by Crippen LogP contribution is -2.48. The molecule has 2 unspecified atom stereocenters. The Bertz CT molecular complexity index is 404. The molecule has 20 heavy (non-hydrogen) atoms. The molecule has 3 saturated carbocycles. The van der Waals surface area contributed by atoms with Gasteiger partial charge >= 0.3 is 0 Å². The normalized spacial score (nSPS) is 52.9. The van der Waals surface area contributed by atoms with Crippen LogP contribution in [-0.2, 0) is 0 Å². The van der Waals surface area contributed by atoms with Crippen LogP contribution in [0.3, 0.4) is 0 Å². The van der Waals surface area contributed by atoms with Crippen molar-refractivity contribution < 1.29 is 10.2 Å². The molecule has 114 valence electrons. The summed E-state index contributed by atoms with van der Waals surface area (Å²) in [6.07, 6.45) is 7.99. The van der Waals surface area contributed by atoms with E-state index in [1.807, 2.05) is 0 Å². The Labute approximate surface area is 123 Å². The van der Waals surface area contributed by atoms with Gasteiger partial charge in [-0.1, -0.05) is 26.0 Å². The molecule has 2 nitrogen and oxygen atoms in total. The molecule has 2 heteroatoms. The van der Waals surface area contributed by atoms with Gasteiger partial charge in [0, 0.05) is 0 Å². The van der Waals surface area contributed by atoms with Gasteiger partial charge in [-0.3, -0.25) is 0 Å². The number of fused-ring (bicyclic) bond motifs is 1. The van der Waals surface area contributed by atoms with E-state index in [0.29, 0.717) is 17.8 Å². The molecule has 0 aromatic rings. The fourth-order valence-electron chi connectivity index (χ4n) is 5.30. The lowest BCUT2D eigenvalue weighted by molar-refractivity contribution is -0.0968. The number of aliphatic hydroxyl groups is 2. The van der Waals surface area contributed by atoms with Crippen LogP contribution >= 0.6 is 0 Å². The molecular weight excluding hydrogens is 248 g/mol. The fourth-order valence-corrected chi connectivity index (χ4v) is 5.30. The predicted molar refractivity (Wildman–Crippen MR) is 81.3 cm³/mol. The molecular formula is C18H30O2. The fraction of sp³-hybridized carbons (Fsp3) is 0.889. The van der Waals surface area contributed by atoms with E-state index in [0.717, 1.165) is 18.8 Å². The zero-order chi connectivity index (χ0) is 14.5. The van der Waals surface area contributed by atoms with Crippen LogP contribution in [0.25, 0.3) is 0 Å². The maximum absolute atomic E-state index is 10.5. The Hall–Kier alpha value is -0.340. The average molecular weight is 278 g/mol. The van der Waals surface area contributed by atoms with Gasteiger partial charge < -0.3 is 10.2 Å². The summed E-state index contributed by atoms with van der Waals surface area (Å²) in [5.74, 6) is 1.39. The van der Waals surface area contributed by atoms with Crippen molar-refractivity contribution in [3.63, 3.8) is 0 Å². The molecule has 0 bridgehead atoms. The molecule has 0 aromatic heterocycles. The lowest BCUT2D eigenvalue weighted by atomic mass is 9.55. The summed E-state index contributed by atoms with van der Waals surface area (Å²) in [5, 5.41) is 20.3. The highest BCUT2D eigenvalue weighted by atomic mass is 16.3. The van der Waals surface area contributed by atoms with Crippen molar-refractivity contribution in [1.82, 2.24) is 0 Å². The molecule has 0 saturated heterocycles. The lowest BCUT2D eigenvalue weighted by Gasteiger charge is -2.51. The highest BCUT2D eigenvalue weighted by Gasteiger charge is 2.51. The van der Waals surface area contributed by atoms with Crippen LogP contribution < -0.4 is 0 Å². The molecule has 3 aliphatic carbocycles. The summed E-state index contributed by atoms with van der Waals surface area (Å²) in [6.45, 7) is 8.98. The van der Waals surface area contributed by atoms with Gasteiger partial charge in [0.05, 0.1) is 12.2 Å². The van der Waals surface area contributed by atoms with Crippen LogP contribution in [0.5, 0.6) is 0 Å². The zero-order valence-corrected chi connectivity index (χ0v) is 13.1. The van der Waals surface area contributed by atoms with Crippen molar-refractivity contribution in [2.75, 3.05) is 0 Å². The zero-order valence-electron chi connectivity index (χ0n) is 13.1. The topological polar surface area (TPSA) is 40.5 Å². The molecule has 3 aliphatic rings. The summed E-state index contributed by atoms with van der Waals surface area (Å²) >= 11 is 0. The molecule has 6 atom stereocenters. The Morgan fingerprint density at radius 1 is 1.00 bits per heavy atom. The minimum absolute atomic E-state index is 0.0183. The van der Waals surface area contributed by atoms with Crippen molar-refractivity contribution >= 4 is 0 Å². The SMILES string of the molecule is C=C1CCC2CC([C@@]3(C)CC[C@H](O)C[C@@H]3O)CC[C@]12C. The Kier molecular flexibility index (Phi) is 3.53. The smallest absolute Gasteiger partial charge is 0.0621 e. The first-order valence-electron chi connectivity index (χ1n) is 8.40. The number of rotatable bonds is 1. The maximum Gasteiger partial charge on any atom is 0.0621 e. The highest BCUT2D eigenvalue weighted by Crippen LogP contribution is 2.60. The molecule has 0 heterocycles. The Balaban J connectivity index is 1.75. The third kappa shape index (κ3) is 2.07. The maximum atomic E-state index is 10.5. The number of allylic oxidation sites excluding steroid dienone is 1. The van der Waals surface area contributed by atoms with Crippen LogP contribution in [-0.4, -0.2) is 22.4 Å². The summed E-state index contributed by atoms with van der Waals surface area (Å²) < 4.78 is 0. The first-order chi connectivity index (χ1) is 9.36. The molecule has 0 aliphatic heterocycles. The van der Waals surface area contributed by atoms with Gasteiger partial charge in [0.1, 0.15) is 0 Å². The predicted octanol–water partition coefficient (Wildman–Crippen LogP) is 3.67. The largest absolute Gasteiger partial charge is 0.393 e. The van der Waals surface area contributed by atoms with Gasteiger partial charge in [0.25, 0.3) is 0 Å². The second-order valence-electron chi connectivity index (χ2n) is 8.18. The van der Waals surface area contributed by atoms with Crippen LogP contribution in [0.1, 0.15) is 65.2 Å². The van der Waals surface area contributed by atoms with Gasteiger partial charge in [0.15, 0.2) is 0 Å². The quantitative estimate of drug-likeness (QED) is 0.718. The van der Waals surface area contributed by atoms with E-state index < -0.39 is 0 Å². The summed E-state index contributed by atoms with van der Waals surface area (Å²) in [7, 11) is 0. The van der Waals surface area contributed by atoms with Crippen LogP contribution in [0.15, 0.2) is 12.2 Å². The third-order valence-electron chi connectivity index (χ3n) is 7.29. The first kappa shape index (κ1) is 14.6. The van der Waals surface area contributed by atoms with E-state index in [-0.39, 0.29) is 17.6 Å². The van der Waals surface area contributed by atoms with Crippen LogP contribution in [0.2, 0.25) is 0 Å². The molecule has 0 aromatic carbocycles. The van der Waals surface area contributed by atoms with Crippen molar-refractivity contribution in [2.45, 2.75) is 77.4 Å². The summed E-state index contributed by atoms with van der Waals surface area (Å²) in [6, 6.07) is 0. The second kappa shape index (κ2) is 4.84. The monoisotopic (exact) mass is 278 g/mol. The van der Waals surface area contributed by atoms with E-state index in [9.17, 15) is 10.2 Å². The van der Waals surface area contributed by atoms with Crippen LogP contribution in [0.4, 0.5) is 0 Å². The Morgan fingerprint density at radius 3 is 2.45 bits per heavy atom. The number of hydrogen-bond donors (Lipinski definition) is 2. The van der Waals surface area contributed by atoms with Gasteiger partial charge in [-0.15, -0.1) is 0 Å². The molecule has 3 fully saturated rings. The number of hydrogen-bond acceptors (Lipinski definition) is 2. The van der Waals surface area contributed by atoms with E-state index >= 15 is 0 Å². The molecule has 0 amide bonds. The standard InChI is InChI=1S/C18H30O2/c1-12-4-5-13-10-14(6-8-17(12,13)2)18(3)9-7-15(19)11-16(18)20/h13-16,19-20H,1,4-11H2,2-3H3/t13?,14?,15-,16-,17+,18+/m0/s1. The minimum atomic E-state index is -0.329. The summed E-state index contributed by atoms with van der Waals surface area (Å²) in [4.78, 5) is 0. The highest BCUT2D eigenvalue weighted by molar-refractivity contribution is 5.19. The third-order valence-corrected chi connectivity index (χ3v) is 7.29. The Morgan fingerprint density at radius 2 is 1.75 bits per heavy atom. The van der Waals surface area contributed by atoms with Gasteiger partial charge in [0.2, 0.25) is 0 Å². The number of aliphatic hydroxyl groups excluding tert-OH is 2. The van der Waals surface area contributed by atoms with Crippen LogP contribution in [0, 0.1) is 22.7 Å². The summed E-state index contributed by atoms with van der Waals surface area (Å²) in [5.41, 5.74) is 1.85. The van der Waals surface area contributed by atoms with Gasteiger partial charge in [-0.25, -0.2) is 0 Å². The average Bonchev–Trinajstić information content (AvgIpc) is 2.70.